The minimum atomic E-state index is -1.15. The first-order chi connectivity index (χ1) is 20.1. The van der Waals surface area contributed by atoms with E-state index in [0.717, 1.165) is 16.7 Å². The molecule has 0 heterocycles. The van der Waals surface area contributed by atoms with Crippen LogP contribution in [0.5, 0.6) is 0 Å². The van der Waals surface area contributed by atoms with Gasteiger partial charge in [-0.05, 0) is 35.4 Å². The fourth-order valence-electron chi connectivity index (χ4n) is 4.60. The largest absolute Gasteiger partial charge is 0.480 e. The molecule has 222 valence electrons. The van der Waals surface area contributed by atoms with Crippen LogP contribution in [0.25, 0.3) is 0 Å². The zero-order chi connectivity index (χ0) is 30.5. The summed E-state index contributed by atoms with van der Waals surface area (Å²) >= 11 is 0. The average molecular weight is 573 g/mol. The third-order valence-electron chi connectivity index (χ3n) is 6.79. The van der Waals surface area contributed by atoms with Gasteiger partial charge in [0.15, 0.2) is 0 Å². The Morgan fingerprint density at radius 1 is 0.595 bits per heavy atom. The minimum Gasteiger partial charge on any atom is -0.480 e. The van der Waals surface area contributed by atoms with Gasteiger partial charge in [0.2, 0.25) is 17.7 Å². The van der Waals surface area contributed by atoms with Crippen LogP contribution in [0.3, 0.4) is 0 Å². The van der Waals surface area contributed by atoms with Crippen molar-refractivity contribution in [2.45, 2.75) is 63.7 Å². The lowest BCUT2D eigenvalue weighted by Gasteiger charge is -2.26. The van der Waals surface area contributed by atoms with Gasteiger partial charge in [-0.1, -0.05) is 105 Å². The molecule has 0 bridgehead atoms. The van der Waals surface area contributed by atoms with Crippen LogP contribution in [-0.2, 0) is 38.4 Å². The molecule has 0 radical (unpaired) electrons. The summed E-state index contributed by atoms with van der Waals surface area (Å²) in [6, 6.07) is 23.5. The third-order valence-corrected chi connectivity index (χ3v) is 6.79. The standard InChI is InChI=1S/C33H40N4O5/c1-22(2)18-29(33(41)42)37-32(40)28(21-25-16-10-5-11-17-25)36-31(39)27(20-24-14-8-4-9-15-24)35-30(38)26(34)19-23-12-6-3-7-13-23/h3-17,22,26-29H,18-21,34H2,1-2H3,(H,35,38)(H,36,39)(H,37,40)(H,41,42). The Kier molecular flexibility index (Phi) is 12.3. The highest BCUT2D eigenvalue weighted by molar-refractivity contribution is 5.94. The van der Waals surface area contributed by atoms with Gasteiger partial charge in [-0.3, -0.25) is 14.4 Å². The van der Waals surface area contributed by atoms with Crippen molar-refractivity contribution in [3.63, 3.8) is 0 Å². The highest BCUT2D eigenvalue weighted by atomic mass is 16.4. The van der Waals surface area contributed by atoms with E-state index < -0.39 is 47.9 Å². The second kappa shape index (κ2) is 16.1. The predicted molar refractivity (Wildman–Crippen MR) is 161 cm³/mol. The van der Waals surface area contributed by atoms with Crippen molar-refractivity contribution < 1.29 is 24.3 Å². The molecule has 0 fully saturated rings. The summed E-state index contributed by atoms with van der Waals surface area (Å²) in [5.41, 5.74) is 8.68. The molecule has 4 unspecified atom stereocenters. The van der Waals surface area contributed by atoms with Crippen molar-refractivity contribution in [2.24, 2.45) is 11.7 Å². The van der Waals surface area contributed by atoms with E-state index >= 15 is 0 Å². The van der Waals surface area contributed by atoms with Crippen molar-refractivity contribution in [3.8, 4) is 0 Å². The van der Waals surface area contributed by atoms with Gasteiger partial charge in [-0.25, -0.2) is 4.79 Å². The van der Waals surface area contributed by atoms with Crippen LogP contribution in [0.1, 0.15) is 37.0 Å². The molecule has 0 aromatic heterocycles. The molecule has 0 spiro atoms. The van der Waals surface area contributed by atoms with Gasteiger partial charge in [0, 0.05) is 12.8 Å². The van der Waals surface area contributed by atoms with Crippen LogP contribution in [0.15, 0.2) is 91.0 Å². The van der Waals surface area contributed by atoms with Crippen LogP contribution in [-0.4, -0.2) is 53.0 Å². The molecule has 3 rings (SSSR count). The van der Waals surface area contributed by atoms with E-state index in [4.69, 9.17) is 5.73 Å². The molecule has 0 aliphatic rings. The Morgan fingerprint density at radius 2 is 0.952 bits per heavy atom. The van der Waals surface area contributed by atoms with E-state index in [2.05, 4.69) is 16.0 Å². The van der Waals surface area contributed by atoms with Gasteiger partial charge in [-0.15, -0.1) is 0 Å². The fraction of sp³-hybridized carbons (Fsp3) is 0.333. The quantitative estimate of drug-likeness (QED) is 0.189. The number of rotatable bonds is 15. The Morgan fingerprint density at radius 3 is 1.33 bits per heavy atom. The smallest absolute Gasteiger partial charge is 0.326 e. The van der Waals surface area contributed by atoms with E-state index in [1.165, 1.54) is 0 Å². The van der Waals surface area contributed by atoms with Crippen molar-refractivity contribution in [1.82, 2.24) is 16.0 Å². The highest BCUT2D eigenvalue weighted by Crippen LogP contribution is 2.10. The van der Waals surface area contributed by atoms with E-state index in [1.54, 1.807) is 0 Å². The molecule has 0 aliphatic carbocycles. The lowest BCUT2D eigenvalue weighted by Crippen LogP contribution is -2.58. The van der Waals surface area contributed by atoms with Crippen LogP contribution < -0.4 is 21.7 Å². The number of carbonyl (C=O) groups excluding carboxylic acids is 3. The minimum absolute atomic E-state index is 0.0270. The molecular weight excluding hydrogens is 532 g/mol. The van der Waals surface area contributed by atoms with Gasteiger partial charge in [0.1, 0.15) is 18.1 Å². The second-order valence-electron chi connectivity index (χ2n) is 10.8. The lowest BCUT2D eigenvalue weighted by atomic mass is 10.00. The number of nitrogens with two attached hydrogens (primary N) is 1. The van der Waals surface area contributed by atoms with Crippen LogP contribution in [0, 0.1) is 5.92 Å². The zero-order valence-corrected chi connectivity index (χ0v) is 24.0. The summed E-state index contributed by atoms with van der Waals surface area (Å²) in [7, 11) is 0. The molecule has 3 aromatic rings. The Balaban J connectivity index is 1.82. The van der Waals surface area contributed by atoms with Gasteiger partial charge in [-0.2, -0.15) is 0 Å². The summed E-state index contributed by atoms with van der Waals surface area (Å²) in [5.74, 6) is -2.82. The number of carboxylic acids is 1. The monoisotopic (exact) mass is 572 g/mol. The van der Waals surface area contributed by atoms with Gasteiger partial charge in [0.05, 0.1) is 6.04 Å². The lowest BCUT2D eigenvalue weighted by molar-refractivity contribution is -0.142. The second-order valence-corrected chi connectivity index (χ2v) is 10.8. The van der Waals surface area contributed by atoms with Gasteiger partial charge in [0.25, 0.3) is 0 Å². The summed E-state index contributed by atoms with van der Waals surface area (Å²) in [6.07, 6.45) is 0.823. The highest BCUT2D eigenvalue weighted by Gasteiger charge is 2.31. The first kappa shape index (κ1) is 32.0. The predicted octanol–water partition coefficient (Wildman–Crippen LogP) is 2.63. The SMILES string of the molecule is CC(C)CC(NC(=O)C(Cc1ccccc1)NC(=O)C(Cc1ccccc1)NC(=O)C(N)Cc1ccccc1)C(=O)O. The van der Waals surface area contributed by atoms with Gasteiger partial charge < -0.3 is 26.8 Å². The third kappa shape index (κ3) is 10.5. The molecule has 3 amide bonds. The van der Waals surface area contributed by atoms with Crippen LogP contribution in [0.4, 0.5) is 0 Å². The molecule has 0 saturated heterocycles. The topological polar surface area (TPSA) is 151 Å². The van der Waals surface area contributed by atoms with Crippen LogP contribution in [0.2, 0.25) is 0 Å². The summed E-state index contributed by atoms with van der Waals surface area (Å²) in [4.78, 5) is 52.1. The summed E-state index contributed by atoms with van der Waals surface area (Å²) in [5, 5.41) is 17.8. The summed E-state index contributed by atoms with van der Waals surface area (Å²) in [6.45, 7) is 3.73. The number of benzene rings is 3. The number of hydrogen-bond acceptors (Lipinski definition) is 5. The zero-order valence-electron chi connectivity index (χ0n) is 24.0. The van der Waals surface area contributed by atoms with Crippen molar-refractivity contribution >= 4 is 23.7 Å². The number of nitrogens with one attached hydrogen (secondary N) is 3. The van der Waals surface area contributed by atoms with Crippen molar-refractivity contribution in [1.29, 1.82) is 0 Å². The number of carbonyl (C=O) groups is 4. The number of amides is 3. The average Bonchev–Trinajstić information content (AvgIpc) is 2.97. The molecular formula is C33H40N4O5. The first-order valence-corrected chi connectivity index (χ1v) is 14.1. The van der Waals surface area contributed by atoms with E-state index in [1.807, 2.05) is 105 Å². The fourth-order valence-corrected chi connectivity index (χ4v) is 4.60. The van der Waals surface area contributed by atoms with E-state index in [0.29, 0.717) is 0 Å². The summed E-state index contributed by atoms with van der Waals surface area (Å²) < 4.78 is 0. The Hall–Kier alpha value is -4.50. The first-order valence-electron chi connectivity index (χ1n) is 14.1. The van der Waals surface area contributed by atoms with E-state index in [-0.39, 0.29) is 31.6 Å². The molecule has 0 aliphatic heterocycles. The molecule has 42 heavy (non-hydrogen) atoms. The Labute approximate surface area is 246 Å². The molecule has 9 nitrogen and oxygen atoms in total. The molecule has 6 N–H and O–H groups in total. The van der Waals surface area contributed by atoms with Crippen molar-refractivity contribution in [3.05, 3.63) is 108 Å². The number of hydrogen-bond donors (Lipinski definition) is 5. The molecule has 4 atom stereocenters. The molecule has 0 saturated carbocycles. The molecule has 3 aromatic carbocycles. The van der Waals surface area contributed by atoms with E-state index in [9.17, 15) is 24.3 Å². The molecule has 9 heteroatoms. The number of carboxylic acid groups (broad SMARTS) is 1. The maximum absolute atomic E-state index is 13.7. The van der Waals surface area contributed by atoms with Gasteiger partial charge >= 0.3 is 5.97 Å². The normalized spacial score (nSPS) is 13.8. The van der Waals surface area contributed by atoms with Crippen LogP contribution >= 0.6 is 0 Å². The van der Waals surface area contributed by atoms with Crippen molar-refractivity contribution in [2.75, 3.05) is 0 Å². The Bertz CT molecular complexity index is 1300. The maximum Gasteiger partial charge on any atom is 0.326 e. The maximum atomic E-state index is 13.7. The number of aliphatic carboxylic acids is 1.